The number of urea groups is 1. The minimum absolute atomic E-state index is 0.0252. The lowest BCUT2D eigenvalue weighted by Gasteiger charge is -2.09. The van der Waals surface area contributed by atoms with Crippen LogP contribution in [0, 0.1) is 25.5 Å². The standard InChI is InChI=1S/C19H18F2N10O/c1-11-7-13(3-5-15(11)20)30-17(24-26-28-30)9-22-19(32)23-10-18-25-27-29-31(18)14-4-6-16(21)12(2)8-14/h3-8H,9-10H2,1-2H3,(H2,22,23,32). The lowest BCUT2D eigenvalue weighted by atomic mass is 10.2. The third-order valence-corrected chi connectivity index (χ3v) is 4.65. The van der Waals surface area contributed by atoms with E-state index in [4.69, 9.17) is 0 Å². The summed E-state index contributed by atoms with van der Waals surface area (Å²) in [7, 11) is 0. The fourth-order valence-corrected chi connectivity index (χ4v) is 2.94. The molecule has 0 unspecified atom stereocenters. The summed E-state index contributed by atoms with van der Waals surface area (Å²) in [4.78, 5) is 12.2. The highest BCUT2D eigenvalue weighted by atomic mass is 19.1. The van der Waals surface area contributed by atoms with Crippen LogP contribution in [0.3, 0.4) is 0 Å². The normalized spacial score (nSPS) is 10.9. The number of nitrogens with one attached hydrogen (secondary N) is 2. The Labute approximate surface area is 180 Å². The van der Waals surface area contributed by atoms with E-state index < -0.39 is 6.03 Å². The van der Waals surface area contributed by atoms with E-state index in [-0.39, 0.29) is 24.7 Å². The van der Waals surface area contributed by atoms with Crippen molar-refractivity contribution >= 4 is 6.03 Å². The van der Waals surface area contributed by atoms with Gasteiger partial charge in [-0.1, -0.05) is 0 Å². The Morgan fingerprint density at radius 3 is 1.66 bits per heavy atom. The van der Waals surface area contributed by atoms with Crippen molar-refractivity contribution in [2.75, 3.05) is 0 Å². The number of carbonyl (C=O) groups excluding carboxylic acids is 1. The number of carbonyl (C=O) groups is 1. The summed E-state index contributed by atoms with van der Waals surface area (Å²) in [5.74, 6) is 0.0496. The molecule has 0 radical (unpaired) electrons. The molecule has 0 aliphatic carbocycles. The monoisotopic (exact) mass is 440 g/mol. The summed E-state index contributed by atoms with van der Waals surface area (Å²) in [5.41, 5.74) is 2.03. The van der Waals surface area contributed by atoms with Crippen LogP contribution in [-0.4, -0.2) is 46.4 Å². The molecule has 11 nitrogen and oxygen atoms in total. The highest BCUT2D eigenvalue weighted by molar-refractivity contribution is 5.73. The molecule has 2 aromatic heterocycles. The third kappa shape index (κ3) is 4.40. The van der Waals surface area contributed by atoms with E-state index in [1.165, 1.54) is 21.5 Å². The third-order valence-electron chi connectivity index (χ3n) is 4.65. The number of hydrogen-bond donors (Lipinski definition) is 2. The minimum atomic E-state index is -0.500. The largest absolute Gasteiger partial charge is 0.331 e. The molecule has 164 valence electrons. The predicted molar refractivity (Wildman–Crippen MR) is 107 cm³/mol. The smallest absolute Gasteiger partial charge is 0.315 e. The van der Waals surface area contributed by atoms with Crippen molar-refractivity contribution in [3.63, 3.8) is 0 Å². The van der Waals surface area contributed by atoms with E-state index in [2.05, 4.69) is 41.7 Å². The van der Waals surface area contributed by atoms with Gasteiger partial charge in [0.1, 0.15) is 11.6 Å². The molecule has 2 aromatic carbocycles. The van der Waals surface area contributed by atoms with Gasteiger partial charge in [-0.25, -0.2) is 13.6 Å². The molecular formula is C19H18F2N10O. The number of benzene rings is 2. The van der Waals surface area contributed by atoms with Crippen LogP contribution in [0.5, 0.6) is 0 Å². The topological polar surface area (TPSA) is 128 Å². The molecule has 2 amide bonds. The van der Waals surface area contributed by atoms with Crippen molar-refractivity contribution < 1.29 is 13.6 Å². The highest BCUT2D eigenvalue weighted by Gasteiger charge is 2.13. The van der Waals surface area contributed by atoms with Crippen LogP contribution in [0.4, 0.5) is 13.6 Å². The number of halogens is 2. The van der Waals surface area contributed by atoms with Gasteiger partial charge in [0.2, 0.25) is 0 Å². The first-order valence-corrected chi connectivity index (χ1v) is 9.51. The second-order valence-electron chi connectivity index (χ2n) is 6.92. The highest BCUT2D eigenvalue weighted by Crippen LogP contribution is 2.14. The molecule has 0 aliphatic heterocycles. The van der Waals surface area contributed by atoms with Gasteiger partial charge in [0.05, 0.1) is 24.5 Å². The number of hydrogen-bond acceptors (Lipinski definition) is 7. The first kappa shape index (κ1) is 21.0. The zero-order valence-electron chi connectivity index (χ0n) is 17.1. The number of aromatic nitrogens is 8. The molecule has 13 heteroatoms. The number of aryl methyl sites for hydroxylation is 2. The fourth-order valence-electron chi connectivity index (χ4n) is 2.94. The van der Waals surface area contributed by atoms with E-state index in [0.29, 0.717) is 34.2 Å². The van der Waals surface area contributed by atoms with E-state index in [1.54, 1.807) is 38.1 Å². The number of nitrogens with zero attached hydrogens (tertiary/aromatic N) is 8. The van der Waals surface area contributed by atoms with Crippen molar-refractivity contribution in [3.8, 4) is 11.4 Å². The van der Waals surface area contributed by atoms with Crippen LogP contribution in [0.25, 0.3) is 11.4 Å². The number of tetrazole rings is 2. The Hall–Kier alpha value is -4.29. The molecule has 0 saturated carbocycles. The molecule has 4 aromatic rings. The molecule has 32 heavy (non-hydrogen) atoms. The van der Waals surface area contributed by atoms with E-state index in [9.17, 15) is 13.6 Å². The Bertz CT molecular complexity index is 1170. The summed E-state index contributed by atoms with van der Waals surface area (Å²) < 4.78 is 29.8. The Kier molecular flexibility index (Phi) is 5.79. The zero-order valence-corrected chi connectivity index (χ0v) is 17.1. The van der Waals surface area contributed by atoms with Gasteiger partial charge in [-0.05, 0) is 82.2 Å². The van der Waals surface area contributed by atoms with Crippen molar-refractivity contribution in [1.29, 1.82) is 0 Å². The molecule has 0 fully saturated rings. The van der Waals surface area contributed by atoms with Gasteiger partial charge in [0, 0.05) is 0 Å². The fraction of sp³-hybridized carbons (Fsp3) is 0.211. The molecule has 2 heterocycles. The van der Waals surface area contributed by atoms with E-state index in [1.807, 2.05) is 0 Å². The van der Waals surface area contributed by atoms with Crippen LogP contribution in [0.2, 0.25) is 0 Å². The second-order valence-corrected chi connectivity index (χ2v) is 6.92. The van der Waals surface area contributed by atoms with Gasteiger partial charge in [-0.15, -0.1) is 10.2 Å². The molecule has 2 N–H and O–H groups in total. The van der Waals surface area contributed by atoms with Crippen LogP contribution < -0.4 is 10.6 Å². The van der Waals surface area contributed by atoms with Crippen molar-refractivity contribution in [1.82, 2.24) is 51.0 Å². The molecule has 0 spiro atoms. The average Bonchev–Trinajstić information content (AvgIpc) is 3.44. The second kappa shape index (κ2) is 8.83. The van der Waals surface area contributed by atoms with Crippen molar-refractivity contribution in [2.24, 2.45) is 0 Å². The van der Waals surface area contributed by atoms with Gasteiger partial charge in [-0.2, -0.15) is 9.36 Å². The quantitative estimate of drug-likeness (QED) is 0.465. The van der Waals surface area contributed by atoms with Crippen molar-refractivity contribution in [3.05, 3.63) is 70.8 Å². The predicted octanol–water partition coefficient (Wildman–Crippen LogP) is 1.53. The Morgan fingerprint density at radius 1 is 0.812 bits per heavy atom. The lowest BCUT2D eigenvalue weighted by molar-refractivity contribution is 0.239. The summed E-state index contributed by atoms with van der Waals surface area (Å²) in [6.07, 6.45) is 0. The van der Waals surface area contributed by atoms with Crippen LogP contribution in [-0.2, 0) is 13.1 Å². The molecule has 4 rings (SSSR count). The van der Waals surface area contributed by atoms with E-state index >= 15 is 0 Å². The molecule has 0 bridgehead atoms. The van der Waals surface area contributed by atoms with Crippen molar-refractivity contribution in [2.45, 2.75) is 26.9 Å². The molecule has 0 saturated heterocycles. The van der Waals surface area contributed by atoms with E-state index in [0.717, 1.165) is 0 Å². The van der Waals surface area contributed by atoms with Gasteiger partial charge in [0.25, 0.3) is 0 Å². The summed E-state index contributed by atoms with van der Waals surface area (Å²) in [5, 5.41) is 28.1. The van der Waals surface area contributed by atoms with Crippen LogP contribution in [0.1, 0.15) is 22.8 Å². The molecule has 0 atom stereocenters. The minimum Gasteiger partial charge on any atom is -0.331 e. The van der Waals surface area contributed by atoms with Crippen LogP contribution in [0.15, 0.2) is 36.4 Å². The lowest BCUT2D eigenvalue weighted by Crippen LogP contribution is -2.36. The van der Waals surface area contributed by atoms with Gasteiger partial charge in [0.15, 0.2) is 11.6 Å². The molecule has 0 aliphatic rings. The summed E-state index contributed by atoms with van der Waals surface area (Å²) >= 11 is 0. The first-order valence-electron chi connectivity index (χ1n) is 9.51. The van der Waals surface area contributed by atoms with Gasteiger partial charge in [-0.3, -0.25) is 0 Å². The maximum atomic E-state index is 13.5. The number of amides is 2. The summed E-state index contributed by atoms with van der Waals surface area (Å²) in [6.45, 7) is 3.32. The number of rotatable bonds is 6. The average molecular weight is 440 g/mol. The maximum absolute atomic E-state index is 13.5. The first-order chi connectivity index (χ1) is 15.4. The molecular weight excluding hydrogens is 422 g/mol. The summed E-state index contributed by atoms with van der Waals surface area (Å²) in [6, 6.07) is 8.43. The van der Waals surface area contributed by atoms with Gasteiger partial charge < -0.3 is 10.6 Å². The Morgan fingerprint density at radius 2 is 1.25 bits per heavy atom. The SMILES string of the molecule is Cc1cc(-n2nnnc2CNC(=O)NCc2nnnn2-c2ccc(F)c(C)c2)ccc1F. The zero-order chi connectivity index (χ0) is 22.7. The van der Waals surface area contributed by atoms with Crippen LogP contribution >= 0.6 is 0 Å². The maximum Gasteiger partial charge on any atom is 0.315 e. The Balaban J connectivity index is 1.37. The van der Waals surface area contributed by atoms with Gasteiger partial charge >= 0.3 is 6.03 Å².